The lowest BCUT2D eigenvalue weighted by Gasteiger charge is -2.29. The summed E-state index contributed by atoms with van der Waals surface area (Å²) in [4.78, 5) is 2.37. The van der Waals surface area contributed by atoms with Gasteiger partial charge in [-0.15, -0.1) is 6.58 Å². The van der Waals surface area contributed by atoms with Crippen LogP contribution in [0.25, 0.3) is 11.6 Å². The molecule has 0 N–H and O–H groups in total. The van der Waals surface area contributed by atoms with Gasteiger partial charge in [0.15, 0.2) is 0 Å². The van der Waals surface area contributed by atoms with Gasteiger partial charge in [0, 0.05) is 17.1 Å². The second-order valence-corrected chi connectivity index (χ2v) is 10.5. The maximum atomic E-state index is 4.07. The van der Waals surface area contributed by atoms with E-state index in [1.807, 2.05) is 18.2 Å². The van der Waals surface area contributed by atoms with Gasteiger partial charge >= 0.3 is 0 Å². The van der Waals surface area contributed by atoms with Gasteiger partial charge in [0.05, 0.1) is 0 Å². The third-order valence-corrected chi connectivity index (χ3v) is 7.42. The van der Waals surface area contributed by atoms with E-state index >= 15 is 0 Å². The van der Waals surface area contributed by atoms with E-state index in [0.717, 1.165) is 65.8 Å². The molecule has 0 amide bonds. The molecule has 2 aromatic carbocycles. The fourth-order valence-corrected chi connectivity index (χ4v) is 5.02. The Balaban J connectivity index is 1.52. The first-order valence-electron chi connectivity index (χ1n) is 15.2. The normalized spacial score (nSPS) is 17.1. The van der Waals surface area contributed by atoms with Crippen LogP contribution in [0.3, 0.4) is 0 Å². The third kappa shape index (κ3) is 9.58. The maximum absolute atomic E-state index is 4.07. The maximum Gasteiger partial charge on any atom is 0.0458 e. The Hall–Kier alpha value is -4.88. The first-order chi connectivity index (χ1) is 21.2. The van der Waals surface area contributed by atoms with Crippen LogP contribution >= 0.6 is 0 Å². The lowest BCUT2D eigenvalue weighted by atomic mass is 9.99. The van der Waals surface area contributed by atoms with Gasteiger partial charge < -0.3 is 4.90 Å². The summed E-state index contributed by atoms with van der Waals surface area (Å²) < 4.78 is 0. The summed E-state index contributed by atoms with van der Waals surface area (Å²) in [6, 6.07) is 17.6. The van der Waals surface area contributed by atoms with Crippen LogP contribution in [-0.2, 0) is 0 Å². The zero-order valence-corrected chi connectivity index (χ0v) is 25.2. The predicted octanol–water partition coefficient (Wildman–Crippen LogP) is 12.0. The molecule has 0 bridgehead atoms. The van der Waals surface area contributed by atoms with Gasteiger partial charge in [0.25, 0.3) is 0 Å². The molecule has 43 heavy (non-hydrogen) atoms. The molecule has 0 aliphatic heterocycles. The topological polar surface area (TPSA) is 3.24 Å². The molecule has 0 saturated heterocycles. The first kappa shape index (κ1) is 31.1. The van der Waals surface area contributed by atoms with Gasteiger partial charge in [-0.3, -0.25) is 0 Å². The molecule has 4 rings (SSSR count). The lowest BCUT2D eigenvalue weighted by Crippen LogP contribution is -2.17. The number of hydrogen-bond donors (Lipinski definition) is 0. The minimum atomic E-state index is 0.457. The van der Waals surface area contributed by atoms with Crippen LogP contribution in [-0.4, -0.2) is 0 Å². The van der Waals surface area contributed by atoms with E-state index < -0.39 is 0 Å². The molecule has 0 saturated carbocycles. The molecule has 2 aliphatic carbocycles. The first-order valence-corrected chi connectivity index (χ1v) is 15.2. The Morgan fingerprint density at radius 3 is 2.26 bits per heavy atom. The van der Waals surface area contributed by atoms with Crippen molar-refractivity contribution >= 4 is 23.0 Å². The van der Waals surface area contributed by atoms with Gasteiger partial charge in [-0.05, 0) is 90.6 Å². The van der Waals surface area contributed by atoms with E-state index in [-0.39, 0.29) is 0 Å². The van der Waals surface area contributed by atoms with E-state index in [2.05, 4.69) is 164 Å². The highest BCUT2D eigenvalue weighted by Crippen LogP contribution is 2.34. The fraction of sp³-hybridized carbons (Fsp3) is 0.143. The number of anilines is 2. The standard InChI is InChI=1S/C42H43N/c1-4-7-8-11-18-35(5-2)21-16-22-37-27-31-41(32-28-37)43(40-25-14-10-15-26-40)42-33-29-39(30-34-42)38(6-3)24-17-23-36-19-12-9-13-20-36/h4-6,9-14,16-19,21-25,27-34,36H,1-3,7-8,15,20,26H2/b18-11+,22-16+,23-17+,35-21+,38-24+. The number of allylic oxidation sites excluding steroid dienone is 20. The number of unbranched alkanes of at least 4 members (excludes halogenated alkanes) is 1. The van der Waals surface area contributed by atoms with Crippen molar-refractivity contribution < 1.29 is 0 Å². The van der Waals surface area contributed by atoms with Crippen LogP contribution in [0.5, 0.6) is 0 Å². The van der Waals surface area contributed by atoms with E-state index in [4.69, 9.17) is 0 Å². The largest absolute Gasteiger partial charge is 0.314 e. The molecule has 1 unspecified atom stereocenters. The zero-order valence-electron chi connectivity index (χ0n) is 25.2. The number of rotatable bonds is 14. The summed E-state index contributed by atoms with van der Waals surface area (Å²) in [6.45, 7) is 11.8. The lowest BCUT2D eigenvalue weighted by molar-refractivity contribution is 0.822. The Morgan fingerprint density at radius 2 is 1.60 bits per heavy atom. The van der Waals surface area contributed by atoms with Crippen molar-refractivity contribution in [2.24, 2.45) is 5.92 Å². The number of nitrogens with zero attached hydrogens (tertiary/aromatic N) is 1. The van der Waals surface area contributed by atoms with Gasteiger partial charge in [-0.25, -0.2) is 0 Å². The van der Waals surface area contributed by atoms with E-state index in [9.17, 15) is 0 Å². The molecule has 0 aromatic heterocycles. The molecule has 1 heteroatoms. The van der Waals surface area contributed by atoms with Crippen molar-refractivity contribution in [3.8, 4) is 0 Å². The molecule has 1 atom stereocenters. The summed E-state index contributed by atoms with van der Waals surface area (Å²) in [5, 5.41) is 0. The SMILES string of the molecule is C=CCC/C=C/C(C=C)=C/C=C/c1ccc(N(C2=CC=CCC2)c2ccc(/C(C=C)=C/C=C/C3C=CC=CC3)cc2)cc1. The number of benzene rings is 2. The van der Waals surface area contributed by atoms with Crippen LogP contribution < -0.4 is 4.90 Å². The molecule has 2 aromatic rings. The predicted molar refractivity (Wildman–Crippen MR) is 191 cm³/mol. The van der Waals surface area contributed by atoms with Gasteiger partial charge in [0.2, 0.25) is 0 Å². The van der Waals surface area contributed by atoms with Gasteiger partial charge in [-0.2, -0.15) is 0 Å². The molecule has 0 heterocycles. The van der Waals surface area contributed by atoms with E-state index in [1.165, 1.54) is 5.70 Å². The monoisotopic (exact) mass is 561 g/mol. The zero-order chi connectivity index (χ0) is 30.1. The molecular formula is C42H43N. The van der Waals surface area contributed by atoms with Crippen molar-refractivity contribution in [1.29, 1.82) is 0 Å². The van der Waals surface area contributed by atoms with Crippen LogP contribution in [0.4, 0.5) is 11.4 Å². The van der Waals surface area contributed by atoms with Crippen molar-refractivity contribution in [3.63, 3.8) is 0 Å². The third-order valence-electron chi connectivity index (χ3n) is 7.42. The summed E-state index contributed by atoms with van der Waals surface area (Å²) >= 11 is 0. The van der Waals surface area contributed by atoms with Crippen LogP contribution in [0.1, 0.15) is 43.2 Å². The highest BCUT2D eigenvalue weighted by molar-refractivity contribution is 5.77. The molecular weight excluding hydrogens is 518 g/mol. The molecule has 0 radical (unpaired) electrons. The second-order valence-electron chi connectivity index (χ2n) is 10.5. The average Bonchev–Trinajstić information content (AvgIpc) is 3.06. The van der Waals surface area contributed by atoms with Crippen molar-refractivity contribution in [2.45, 2.75) is 32.1 Å². The smallest absolute Gasteiger partial charge is 0.0458 e. The Labute approximate surface area is 259 Å². The molecule has 0 spiro atoms. The highest BCUT2D eigenvalue weighted by atomic mass is 15.1. The van der Waals surface area contributed by atoms with Crippen LogP contribution in [0.15, 0.2) is 183 Å². The summed E-state index contributed by atoms with van der Waals surface area (Å²) in [5.41, 5.74) is 8.10. The summed E-state index contributed by atoms with van der Waals surface area (Å²) in [6.07, 6.45) is 43.2. The van der Waals surface area contributed by atoms with Gasteiger partial charge in [0.1, 0.15) is 0 Å². The molecule has 1 nitrogen and oxygen atoms in total. The summed E-state index contributed by atoms with van der Waals surface area (Å²) in [7, 11) is 0. The quantitative estimate of drug-likeness (QED) is 0.126. The van der Waals surface area contributed by atoms with E-state index in [0.29, 0.717) is 5.92 Å². The Kier molecular flexibility index (Phi) is 12.4. The van der Waals surface area contributed by atoms with Crippen LogP contribution in [0, 0.1) is 5.92 Å². The highest BCUT2D eigenvalue weighted by Gasteiger charge is 2.15. The Bertz CT molecular complexity index is 1510. The van der Waals surface area contributed by atoms with Crippen molar-refractivity contribution in [3.05, 3.63) is 194 Å². The van der Waals surface area contributed by atoms with Crippen LogP contribution in [0.2, 0.25) is 0 Å². The van der Waals surface area contributed by atoms with E-state index in [1.54, 1.807) is 0 Å². The molecule has 216 valence electrons. The second kappa shape index (κ2) is 17.2. The summed E-state index contributed by atoms with van der Waals surface area (Å²) in [5.74, 6) is 0.457. The fourth-order valence-electron chi connectivity index (χ4n) is 5.02. The molecule has 0 fully saturated rings. The minimum Gasteiger partial charge on any atom is -0.314 e. The minimum absolute atomic E-state index is 0.457. The number of hydrogen-bond acceptors (Lipinski definition) is 1. The Morgan fingerprint density at radius 1 is 0.814 bits per heavy atom. The average molecular weight is 562 g/mol. The molecule has 2 aliphatic rings. The van der Waals surface area contributed by atoms with Crippen molar-refractivity contribution in [1.82, 2.24) is 0 Å². The van der Waals surface area contributed by atoms with Crippen molar-refractivity contribution in [2.75, 3.05) is 4.90 Å². The van der Waals surface area contributed by atoms with Gasteiger partial charge in [-0.1, -0.05) is 141 Å².